The number of hydrogen-bond donors (Lipinski definition) is 1. The highest BCUT2D eigenvalue weighted by Gasteiger charge is 2.04. The van der Waals surface area contributed by atoms with Gasteiger partial charge in [0.05, 0.1) is 5.36 Å². The van der Waals surface area contributed by atoms with Crippen LogP contribution in [0.25, 0.3) is 16.5 Å². The predicted octanol–water partition coefficient (Wildman–Crippen LogP) is 1.53. The van der Waals surface area contributed by atoms with Crippen LogP contribution in [0.4, 0.5) is 0 Å². The van der Waals surface area contributed by atoms with Crippen molar-refractivity contribution in [1.82, 2.24) is 0 Å². The van der Waals surface area contributed by atoms with Crippen LogP contribution in [0.2, 0.25) is 0 Å². The molecule has 1 aliphatic heterocycles. The highest BCUT2D eigenvalue weighted by Crippen LogP contribution is 2.09. The van der Waals surface area contributed by atoms with Gasteiger partial charge in [-0.2, -0.15) is 0 Å². The average Bonchev–Trinajstić information content (AvgIpc) is 2.27. The van der Waals surface area contributed by atoms with Crippen LogP contribution in [0.5, 0.6) is 0 Å². The fourth-order valence-electron chi connectivity index (χ4n) is 2.01. The van der Waals surface area contributed by atoms with Crippen molar-refractivity contribution in [3.8, 4) is 0 Å². The maximum atomic E-state index is 9.78. The van der Waals surface area contributed by atoms with E-state index < -0.39 is 0 Å². The topological polar surface area (TPSA) is 32.6 Å². The van der Waals surface area contributed by atoms with Crippen molar-refractivity contribution in [1.29, 1.82) is 0 Å². The van der Waals surface area contributed by atoms with Crippen molar-refractivity contribution < 1.29 is 5.11 Å². The van der Waals surface area contributed by atoms with Gasteiger partial charge in [0.1, 0.15) is 5.76 Å². The Morgan fingerprint density at radius 3 is 2.60 bits per heavy atom. The summed E-state index contributed by atoms with van der Waals surface area (Å²) in [6.45, 7) is 0.692. The summed E-state index contributed by atoms with van der Waals surface area (Å²) in [5.41, 5.74) is 0. The van der Waals surface area contributed by atoms with Crippen molar-refractivity contribution in [2.24, 2.45) is 4.99 Å². The molecule has 0 aromatic heterocycles. The van der Waals surface area contributed by atoms with Crippen LogP contribution in [0.3, 0.4) is 0 Å². The van der Waals surface area contributed by atoms with E-state index in [4.69, 9.17) is 0 Å². The average molecular weight is 197 g/mol. The number of benzene rings is 2. The van der Waals surface area contributed by atoms with Crippen LogP contribution >= 0.6 is 0 Å². The third kappa shape index (κ3) is 1.30. The second-order valence-electron chi connectivity index (χ2n) is 3.79. The lowest BCUT2D eigenvalue weighted by molar-refractivity contribution is 0.475. The van der Waals surface area contributed by atoms with E-state index in [-0.39, 0.29) is 0 Å². The summed E-state index contributed by atoms with van der Waals surface area (Å²) >= 11 is 0. The lowest BCUT2D eigenvalue weighted by Gasteiger charge is -2.05. The van der Waals surface area contributed by atoms with Gasteiger partial charge in [0.25, 0.3) is 0 Å². The highest BCUT2D eigenvalue weighted by atomic mass is 16.3. The van der Waals surface area contributed by atoms with Gasteiger partial charge in [-0.05, 0) is 22.9 Å². The molecule has 0 saturated carbocycles. The number of nitrogens with zero attached hydrogens (tertiary/aromatic N) is 1. The molecule has 0 unspecified atom stereocenters. The summed E-state index contributed by atoms with van der Waals surface area (Å²) in [6.07, 6.45) is 0.658. The van der Waals surface area contributed by atoms with Gasteiger partial charge in [-0.15, -0.1) is 0 Å². The predicted molar refractivity (Wildman–Crippen MR) is 60.2 cm³/mol. The van der Waals surface area contributed by atoms with Gasteiger partial charge < -0.3 is 5.11 Å². The summed E-state index contributed by atoms with van der Waals surface area (Å²) in [5, 5.41) is 13.9. The van der Waals surface area contributed by atoms with Crippen LogP contribution in [-0.2, 0) is 0 Å². The van der Waals surface area contributed by atoms with Crippen molar-refractivity contribution in [3.63, 3.8) is 0 Å². The summed E-state index contributed by atoms with van der Waals surface area (Å²) in [7, 11) is 0. The normalized spacial score (nSPS) is 14.8. The third-order valence-corrected chi connectivity index (χ3v) is 2.81. The van der Waals surface area contributed by atoms with Crippen LogP contribution in [0, 0.1) is 0 Å². The van der Waals surface area contributed by atoms with Crippen LogP contribution in [0.15, 0.2) is 41.4 Å². The Morgan fingerprint density at radius 2 is 1.80 bits per heavy atom. The summed E-state index contributed by atoms with van der Waals surface area (Å²) in [6, 6.07) is 12.2. The second-order valence-corrected chi connectivity index (χ2v) is 3.79. The zero-order valence-electron chi connectivity index (χ0n) is 8.27. The van der Waals surface area contributed by atoms with E-state index in [0.29, 0.717) is 18.7 Å². The van der Waals surface area contributed by atoms with E-state index in [2.05, 4.69) is 17.1 Å². The standard InChI is InChI=1S/C13H11NO/c15-13-5-6-14-12-8-10-4-2-1-3-9(10)7-11(12)13/h1-4,7-8,15H,5-6H2. The molecule has 0 radical (unpaired) electrons. The lowest BCUT2D eigenvalue weighted by atomic mass is 10.1. The molecule has 1 aliphatic rings. The number of rotatable bonds is 0. The number of hydrogen-bond acceptors (Lipinski definition) is 2. The van der Waals surface area contributed by atoms with Gasteiger partial charge in [-0.3, -0.25) is 4.99 Å². The molecule has 3 rings (SSSR count). The van der Waals surface area contributed by atoms with E-state index in [9.17, 15) is 5.11 Å². The molecule has 0 aliphatic carbocycles. The van der Waals surface area contributed by atoms with E-state index in [1.807, 2.05) is 24.3 Å². The Bertz CT molecular complexity index is 643. The van der Waals surface area contributed by atoms with E-state index in [1.54, 1.807) is 0 Å². The van der Waals surface area contributed by atoms with E-state index in [0.717, 1.165) is 16.0 Å². The summed E-state index contributed by atoms with van der Waals surface area (Å²) in [4.78, 5) is 4.41. The molecule has 2 nitrogen and oxygen atoms in total. The Kier molecular flexibility index (Phi) is 1.75. The largest absolute Gasteiger partial charge is 0.512 e. The van der Waals surface area contributed by atoms with Crippen molar-refractivity contribution in [2.75, 3.05) is 6.54 Å². The minimum atomic E-state index is 0.464. The zero-order chi connectivity index (χ0) is 10.3. The molecule has 2 aromatic carbocycles. The summed E-state index contributed by atoms with van der Waals surface area (Å²) < 4.78 is 0. The molecule has 0 atom stereocenters. The Morgan fingerprint density at radius 1 is 1.07 bits per heavy atom. The van der Waals surface area contributed by atoms with E-state index in [1.165, 1.54) is 5.39 Å². The molecule has 0 spiro atoms. The number of aliphatic hydroxyl groups is 1. The Labute approximate surface area is 87.2 Å². The Hall–Kier alpha value is -1.83. The number of aliphatic hydroxyl groups excluding tert-OH is 1. The molecular weight excluding hydrogens is 186 g/mol. The van der Waals surface area contributed by atoms with Crippen molar-refractivity contribution >= 4 is 16.5 Å². The van der Waals surface area contributed by atoms with Gasteiger partial charge in [-0.25, -0.2) is 0 Å². The smallest absolute Gasteiger partial charge is 0.103 e. The quantitative estimate of drug-likeness (QED) is 0.682. The fourth-order valence-corrected chi connectivity index (χ4v) is 2.01. The van der Waals surface area contributed by atoms with Crippen LogP contribution in [0.1, 0.15) is 6.42 Å². The van der Waals surface area contributed by atoms with Gasteiger partial charge in [-0.1, -0.05) is 24.3 Å². The summed E-state index contributed by atoms with van der Waals surface area (Å²) in [5.74, 6) is 0.464. The highest BCUT2D eigenvalue weighted by molar-refractivity contribution is 5.82. The van der Waals surface area contributed by atoms with Gasteiger partial charge >= 0.3 is 0 Å². The first-order valence-electron chi connectivity index (χ1n) is 5.10. The molecule has 2 aromatic rings. The molecule has 15 heavy (non-hydrogen) atoms. The van der Waals surface area contributed by atoms with Crippen LogP contribution in [-0.4, -0.2) is 11.7 Å². The molecular formula is C13H11NO. The van der Waals surface area contributed by atoms with Crippen molar-refractivity contribution in [2.45, 2.75) is 6.42 Å². The molecule has 0 fully saturated rings. The molecule has 2 heteroatoms. The Balaban J connectivity index is 2.54. The molecule has 1 heterocycles. The lowest BCUT2D eigenvalue weighted by Crippen LogP contribution is -2.30. The van der Waals surface area contributed by atoms with Gasteiger partial charge in [0.15, 0.2) is 0 Å². The monoisotopic (exact) mass is 197 g/mol. The van der Waals surface area contributed by atoms with E-state index >= 15 is 0 Å². The molecule has 0 bridgehead atoms. The SMILES string of the molecule is OC1=c2cc3ccccc3cc2=NCC1. The molecule has 0 saturated heterocycles. The van der Waals surface area contributed by atoms with Crippen molar-refractivity contribution in [3.05, 3.63) is 47.0 Å². The first kappa shape index (κ1) is 8.48. The minimum absolute atomic E-state index is 0.464. The van der Waals surface area contributed by atoms with Gasteiger partial charge in [0, 0.05) is 18.2 Å². The van der Waals surface area contributed by atoms with Gasteiger partial charge in [0.2, 0.25) is 0 Å². The fraction of sp³-hybridized carbons (Fsp3) is 0.154. The maximum absolute atomic E-state index is 9.78. The van der Waals surface area contributed by atoms with Crippen LogP contribution < -0.4 is 10.6 Å². The minimum Gasteiger partial charge on any atom is -0.512 e. The number of fused-ring (bicyclic) bond motifs is 2. The maximum Gasteiger partial charge on any atom is 0.103 e. The first-order chi connectivity index (χ1) is 7.34. The molecule has 0 amide bonds. The third-order valence-electron chi connectivity index (χ3n) is 2.81. The zero-order valence-corrected chi connectivity index (χ0v) is 8.27. The molecule has 1 N–H and O–H groups in total. The second kappa shape index (κ2) is 3.09. The first-order valence-corrected chi connectivity index (χ1v) is 5.10. The molecule has 74 valence electrons.